The summed E-state index contributed by atoms with van der Waals surface area (Å²) in [6.07, 6.45) is 1.37. The first kappa shape index (κ1) is 9.14. The number of rotatable bonds is 4. The zero-order valence-electron chi connectivity index (χ0n) is 6.48. The maximum atomic E-state index is 10.5. The molecule has 0 saturated carbocycles. The third kappa shape index (κ3) is 4.06. The smallest absolute Gasteiger partial charge is 0.220 e. The van der Waals surface area contributed by atoms with Crippen molar-refractivity contribution in [1.29, 1.82) is 5.41 Å². The molecule has 3 nitrogen and oxygen atoms in total. The Hall–Kier alpha value is -0.860. The van der Waals surface area contributed by atoms with Crippen molar-refractivity contribution in [3.8, 4) is 0 Å². The number of carbonyl (C=O) groups is 1. The summed E-state index contributed by atoms with van der Waals surface area (Å²) in [5.41, 5.74) is 5.62. The molecule has 0 bridgehead atoms. The fourth-order valence-corrected chi connectivity index (χ4v) is 0.575. The van der Waals surface area contributed by atoms with Crippen LogP contribution in [0.3, 0.4) is 0 Å². The second-order valence-electron chi connectivity index (χ2n) is 2.62. The van der Waals surface area contributed by atoms with E-state index in [0.29, 0.717) is 18.6 Å². The van der Waals surface area contributed by atoms with E-state index in [4.69, 9.17) is 11.1 Å². The summed E-state index contributed by atoms with van der Waals surface area (Å²) >= 11 is 0. The Morgan fingerprint density at radius 3 is 2.50 bits per heavy atom. The molecule has 0 aliphatic carbocycles. The van der Waals surface area contributed by atoms with Crippen LogP contribution in [0.25, 0.3) is 0 Å². The quantitative estimate of drug-likeness (QED) is 0.563. The zero-order chi connectivity index (χ0) is 8.15. The maximum absolute atomic E-state index is 10.5. The van der Waals surface area contributed by atoms with E-state index < -0.39 is 0 Å². The molecule has 10 heavy (non-hydrogen) atoms. The summed E-state index contributed by atoms with van der Waals surface area (Å²) < 4.78 is 0. The second kappa shape index (κ2) is 4.04. The van der Waals surface area contributed by atoms with E-state index in [2.05, 4.69) is 0 Å². The number of nitrogens with one attached hydrogen (secondary N) is 1. The van der Waals surface area contributed by atoms with Crippen molar-refractivity contribution in [2.24, 2.45) is 11.7 Å². The molecule has 0 heterocycles. The average Bonchev–Trinajstić information content (AvgIpc) is 1.82. The highest BCUT2D eigenvalue weighted by Gasteiger charge is 2.07. The molecule has 0 fully saturated rings. The van der Waals surface area contributed by atoms with Crippen molar-refractivity contribution in [2.45, 2.75) is 26.7 Å². The van der Waals surface area contributed by atoms with Crippen molar-refractivity contribution in [3.63, 3.8) is 0 Å². The van der Waals surface area contributed by atoms with Crippen LogP contribution >= 0.6 is 0 Å². The topological polar surface area (TPSA) is 66.9 Å². The number of hydrogen-bond acceptors (Lipinski definition) is 2. The highest BCUT2D eigenvalue weighted by molar-refractivity contribution is 5.80. The highest BCUT2D eigenvalue weighted by atomic mass is 16.1. The molecular formula is C7H14N2O. The van der Waals surface area contributed by atoms with Crippen LogP contribution in [0.2, 0.25) is 0 Å². The molecule has 0 aromatic rings. The van der Waals surface area contributed by atoms with Gasteiger partial charge in [-0.3, -0.25) is 4.79 Å². The largest absolute Gasteiger partial charge is 0.369 e. The maximum Gasteiger partial charge on any atom is 0.220 e. The van der Waals surface area contributed by atoms with Gasteiger partial charge in [-0.15, -0.1) is 0 Å². The standard InChI is InChI=1S/C7H14N2O/c1-5(7(9)10)3-4-6(2)8/h5,8H,3-4H2,1-2H3,(H2,9,10). The van der Waals surface area contributed by atoms with Gasteiger partial charge < -0.3 is 11.1 Å². The Morgan fingerprint density at radius 1 is 1.70 bits per heavy atom. The minimum atomic E-state index is -0.277. The van der Waals surface area contributed by atoms with E-state index in [1.165, 1.54) is 0 Å². The Kier molecular flexibility index (Phi) is 3.69. The van der Waals surface area contributed by atoms with Crippen LogP contribution < -0.4 is 5.73 Å². The van der Waals surface area contributed by atoms with E-state index >= 15 is 0 Å². The molecule has 0 aliphatic rings. The Balaban J connectivity index is 3.49. The Morgan fingerprint density at radius 2 is 2.20 bits per heavy atom. The van der Waals surface area contributed by atoms with Crippen LogP contribution in [0.4, 0.5) is 0 Å². The summed E-state index contributed by atoms with van der Waals surface area (Å²) in [6.45, 7) is 3.51. The molecule has 3 heteroatoms. The fraction of sp³-hybridized carbons (Fsp3) is 0.714. The van der Waals surface area contributed by atoms with Gasteiger partial charge in [0.05, 0.1) is 0 Å². The van der Waals surface area contributed by atoms with Gasteiger partial charge in [-0.05, 0) is 19.8 Å². The number of carbonyl (C=O) groups excluding carboxylic acids is 1. The Labute approximate surface area is 61.1 Å². The molecule has 0 aromatic carbocycles. The molecule has 0 radical (unpaired) electrons. The van der Waals surface area contributed by atoms with Gasteiger partial charge in [0.2, 0.25) is 5.91 Å². The van der Waals surface area contributed by atoms with Crippen LogP contribution in [0.1, 0.15) is 26.7 Å². The summed E-state index contributed by atoms with van der Waals surface area (Å²) in [5.74, 6) is -0.374. The lowest BCUT2D eigenvalue weighted by molar-refractivity contribution is -0.121. The van der Waals surface area contributed by atoms with E-state index in [1.54, 1.807) is 13.8 Å². The molecule has 58 valence electrons. The van der Waals surface area contributed by atoms with E-state index in [-0.39, 0.29) is 11.8 Å². The minimum Gasteiger partial charge on any atom is -0.369 e. The van der Waals surface area contributed by atoms with Crippen LogP contribution in [0.15, 0.2) is 0 Å². The summed E-state index contributed by atoms with van der Waals surface area (Å²) in [7, 11) is 0. The number of primary amides is 1. The normalized spacial score (nSPS) is 12.6. The number of hydrogen-bond donors (Lipinski definition) is 2. The van der Waals surface area contributed by atoms with E-state index in [1.807, 2.05) is 0 Å². The van der Waals surface area contributed by atoms with Crippen LogP contribution in [-0.4, -0.2) is 11.6 Å². The molecule has 0 spiro atoms. The molecule has 1 atom stereocenters. The lowest BCUT2D eigenvalue weighted by Gasteiger charge is -2.04. The van der Waals surface area contributed by atoms with Crippen LogP contribution in [-0.2, 0) is 4.79 Å². The monoisotopic (exact) mass is 142 g/mol. The predicted molar refractivity (Wildman–Crippen MR) is 41.0 cm³/mol. The van der Waals surface area contributed by atoms with Crippen molar-refractivity contribution >= 4 is 11.6 Å². The molecule has 0 aromatic heterocycles. The van der Waals surface area contributed by atoms with Gasteiger partial charge in [0.15, 0.2) is 0 Å². The van der Waals surface area contributed by atoms with Crippen molar-refractivity contribution in [3.05, 3.63) is 0 Å². The summed E-state index contributed by atoms with van der Waals surface area (Å²) in [6, 6.07) is 0. The van der Waals surface area contributed by atoms with Gasteiger partial charge >= 0.3 is 0 Å². The molecule has 1 amide bonds. The molecule has 0 rings (SSSR count). The number of nitrogens with two attached hydrogens (primary N) is 1. The first-order valence-electron chi connectivity index (χ1n) is 3.37. The van der Waals surface area contributed by atoms with Crippen molar-refractivity contribution in [1.82, 2.24) is 0 Å². The lowest BCUT2D eigenvalue weighted by Crippen LogP contribution is -2.20. The summed E-state index contributed by atoms with van der Waals surface area (Å²) in [4.78, 5) is 10.5. The SMILES string of the molecule is CC(=N)CCC(C)C(N)=O. The van der Waals surface area contributed by atoms with Gasteiger partial charge in [0.25, 0.3) is 0 Å². The van der Waals surface area contributed by atoms with Gasteiger partial charge in [-0.25, -0.2) is 0 Å². The van der Waals surface area contributed by atoms with E-state index in [0.717, 1.165) is 0 Å². The van der Waals surface area contributed by atoms with Gasteiger partial charge in [0, 0.05) is 11.6 Å². The molecule has 0 saturated heterocycles. The van der Waals surface area contributed by atoms with E-state index in [9.17, 15) is 4.79 Å². The highest BCUT2D eigenvalue weighted by Crippen LogP contribution is 2.04. The first-order chi connectivity index (χ1) is 4.54. The van der Waals surface area contributed by atoms with Crippen LogP contribution in [0.5, 0.6) is 0 Å². The van der Waals surface area contributed by atoms with Crippen molar-refractivity contribution < 1.29 is 4.79 Å². The van der Waals surface area contributed by atoms with Gasteiger partial charge in [0.1, 0.15) is 0 Å². The molecule has 0 aliphatic heterocycles. The number of amides is 1. The average molecular weight is 142 g/mol. The molecule has 1 unspecified atom stereocenters. The zero-order valence-corrected chi connectivity index (χ0v) is 6.48. The third-order valence-corrected chi connectivity index (χ3v) is 1.44. The van der Waals surface area contributed by atoms with Crippen molar-refractivity contribution in [2.75, 3.05) is 0 Å². The minimum absolute atomic E-state index is 0.0969. The molecular weight excluding hydrogens is 128 g/mol. The second-order valence-corrected chi connectivity index (χ2v) is 2.62. The first-order valence-corrected chi connectivity index (χ1v) is 3.37. The van der Waals surface area contributed by atoms with Gasteiger partial charge in [-0.1, -0.05) is 6.92 Å². The molecule has 3 N–H and O–H groups in total. The fourth-order valence-electron chi connectivity index (χ4n) is 0.575. The predicted octanol–water partition coefficient (Wildman–Crippen LogP) is 0.928. The summed E-state index contributed by atoms with van der Waals surface area (Å²) in [5, 5.41) is 7.08. The third-order valence-electron chi connectivity index (χ3n) is 1.44. The van der Waals surface area contributed by atoms with Crippen LogP contribution in [0, 0.1) is 11.3 Å². The lowest BCUT2D eigenvalue weighted by atomic mass is 10.0. The van der Waals surface area contributed by atoms with Gasteiger partial charge in [-0.2, -0.15) is 0 Å². The Bertz CT molecular complexity index is 143.